The molecule has 1 saturated heterocycles. The van der Waals surface area contributed by atoms with Gasteiger partial charge in [0.1, 0.15) is 12.4 Å². The second-order valence-electron chi connectivity index (χ2n) is 7.73. The quantitative estimate of drug-likeness (QED) is 0.701. The molecule has 1 saturated carbocycles. The van der Waals surface area contributed by atoms with Crippen molar-refractivity contribution in [2.45, 2.75) is 32.2 Å². The molecule has 1 amide bonds. The van der Waals surface area contributed by atoms with E-state index < -0.39 is 0 Å². The Hall–Kier alpha value is -2.11. The zero-order chi connectivity index (χ0) is 19.9. The third-order valence-corrected chi connectivity index (χ3v) is 5.63. The Bertz CT molecular complexity index is 703. The molecule has 1 aliphatic heterocycles. The smallest absolute Gasteiger partial charge is 0.236 e. The van der Waals surface area contributed by atoms with Gasteiger partial charge in [0.05, 0.1) is 6.54 Å². The fraction of sp³-hybridized carbons (Fsp3) is 0.522. The normalized spacial score (nSPS) is 23.2. The molecule has 1 aliphatic carbocycles. The van der Waals surface area contributed by atoms with E-state index in [1.807, 2.05) is 37.0 Å². The van der Waals surface area contributed by atoms with Crippen LogP contribution in [0.25, 0.3) is 0 Å². The molecule has 0 radical (unpaired) electrons. The number of benzene rings is 1. The van der Waals surface area contributed by atoms with Gasteiger partial charge in [0, 0.05) is 38.1 Å². The van der Waals surface area contributed by atoms with E-state index in [9.17, 15) is 4.79 Å². The molecule has 1 aromatic carbocycles. The van der Waals surface area contributed by atoms with Gasteiger partial charge in [-0.3, -0.25) is 4.79 Å². The molecule has 3 rings (SSSR count). The van der Waals surface area contributed by atoms with Crippen molar-refractivity contribution in [2.24, 2.45) is 0 Å². The number of amides is 1. The van der Waals surface area contributed by atoms with E-state index in [0.29, 0.717) is 25.1 Å². The van der Waals surface area contributed by atoms with E-state index in [4.69, 9.17) is 4.74 Å². The molecular formula is C23H33N3O2. The lowest BCUT2D eigenvalue weighted by Crippen LogP contribution is -2.49. The second kappa shape index (κ2) is 9.89. The Morgan fingerprint density at radius 3 is 2.54 bits per heavy atom. The minimum absolute atomic E-state index is 0.225. The topological polar surface area (TPSA) is 44.8 Å². The Kier molecular flexibility index (Phi) is 7.29. The number of nitrogens with zero attached hydrogens (tertiary/aromatic N) is 2. The summed E-state index contributed by atoms with van der Waals surface area (Å²) in [6.07, 6.45) is 7.26. The van der Waals surface area contributed by atoms with Gasteiger partial charge in [0.15, 0.2) is 0 Å². The number of nitrogens with one attached hydrogen (secondary N) is 1. The van der Waals surface area contributed by atoms with E-state index in [1.165, 1.54) is 11.1 Å². The average molecular weight is 384 g/mol. The summed E-state index contributed by atoms with van der Waals surface area (Å²) in [6.45, 7) is 8.69. The van der Waals surface area contributed by atoms with E-state index >= 15 is 0 Å². The van der Waals surface area contributed by atoms with Crippen LogP contribution in [-0.2, 0) is 4.79 Å². The Morgan fingerprint density at radius 2 is 1.89 bits per heavy atom. The third-order valence-electron chi connectivity index (χ3n) is 5.63. The highest BCUT2D eigenvalue weighted by atomic mass is 16.5. The van der Waals surface area contributed by atoms with Gasteiger partial charge >= 0.3 is 0 Å². The van der Waals surface area contributed by atoms with Crippen molar-refractivity contribution in [3.8, 4) is 5.75 Å². The van der Waals surface area contributed by atoms with Crippen LogP contribution in [0.5, 0.6) is 5.75 Å². The van der Waals surface area contributed by atoms with E-state index in [2.05, 4.69) is 41.5 Å². The summed E-state index contributed by atoms with van der Waals surface area (Å²) in [5.74, 6) is 1.62. The van der Waals surface area contributed by atoms with E-state index in [1.54, 1.807) is 0 Å². The fourth-order valence-electron chi connectivity index (χ4n) is 3.59. The minimum atomic E-state index is 0.225. The van der Waals surface area contributed by atoms with Gasteiger partial charge in [0.25, 0.3) is 0 Å². The lowest BCUT2D eigenvalue weighted by Gasteiger charge is -2.32. The van der Waals surface area contributed by atoms with Crippen LogP contribution in [0.2, 0.25) is 0 Å². The highest BCUT2D eigenvalue weighted by Crippen LogP contribution is 2.41. The number of likely N-dealkylation sites (N-methyl/N-ethyl adjacent to an activating group) is 1. The molecule has 5 heteroatoms. The van der Waals surface area contributed by atoms with Gasteiger partial charge in [-0.1, -0.05) is 30.4 Å². The maximum Gasteiger partial charge on any atom is 0.236 e. The highest BCUT2D eigenvalue weighted by molar-refractivity contribution is 5.78. The number of ether oxygens (including phenoxy) is 1. The lowest BCUT2D eigenvalue weighted by molar-refractivity contribution is -0.131. The third kappa shape index (κ3) is 5.69. The van der Waals surface area contributed by atoms with Crippen LogP contribution in [0.4, 0.5) is 0 Å². The number of carbonyl (C=O) groups is 1. The van der Waals surface area contributed by atoms with Crippen molar-refractivity contribution in [1.82, 2.24) is 15.1 Å². The van der Waals surface area contributed by atoms with Crippen molar-refractivity contribution in [3.05, 3.63) is 53.6 Å². The molecule has 0 aromatic heterocycles. The number of allylic oxidation sites excluding steroid dienone is 2. The van der Waals surface area contributed by atoms with Crippen LogP contribution in [0.3, 0.4) is 0 Å². The first-order valence-corrected chi connectivity index (χ1v) is 10.3. The lowest BCUT2D eigenvalue weighted by atomic mass is 10.1. The maximum absolute atomic E-state index is 12.3. The highest BCUT2D eigenvalue weighted by Gasteiger charge is 2.38. The molecule has 5 nitrogen and oxygen atoms in total. The predicted molar refractivity (Wildman–Crippen MR) is 114 cm³/mol. The second-order valence-corrected chi connectivity index (χ2v) is 7.73. The van der Waals surface area contributed by atoms with Crippen molar-refractivity contribution < 1.29 is 9.53 Å². The van der Waals surface area contributed by atoms with Crippen LogP contribution in [0.15, 0.2) is 48.1 Å². The van der Waals surface area contributed by atoms with Gasteiger partial charge in [-0.05, 0) is 50.6 Å². The SMILES string of the molecule is C/C=C\C(=C/C)COc1ccc(C2C[C@@H]2NCC(=O)N2CCN(C)CC2)cc1. The van der Waals surface area contributed by atoms with E-state index in [-0.39, 0.29) is 5.91 Å². The summed E-state index contributed by atoms with van der Waals surface area (Å²) in [7, 11) is 2.10. The maximum atomic E-state index is 12.3. The van der Waals surface area contributed by atoms with Crippen molar-refractivity contribution in [3.63, 3.8) is 0 Å². The zero-order valence-corrected chi connectivity index (χ0v) is 17.4. The Morgan fingerprint density at radius 1 is 1.18 bits per heavy atom. The first-order valence-electron chi connectivity index (χ1n) is 10.3. The molecule has 0 spiro atoms. The first-order chi connectivity index (χ1) is 13.6. The van der Waals surface area contributed by atoms with Gasteiger partial charge in [0.2, 0.25) is 5.91 Å². The Labute approximate surface area is 169 Å². The van der Waals surface area contributed by atoms with Gasteiger partial charge in [-0.25, -0.2) is 0 Å². The summed E-state index contributed by atoms with van der Waals surface area (Å²) < 4.78 is 5.86. The number of hydrogen-bond donors (Lipinski definition) is 1. The van der Waals surface area contributed by atoms with Crippen LogP contribution < -0.4 is 10.1 Å². The summed E-state index contributed by atoms with van der Waals surface area (Å²) in [5.41, 5.74) is 2.49. The van der Waals surface area contributed by atoms with Crippen LogP contribution in [-0.4, -0.2) is 68.1 Å². The van der Waals surface area contributed by atoms with Crippen LogP contribution in [0, 0.1) is 0 Å². The van der Waals surface area contributed by atoms with Gasteiger partial charge in [-0.2, -0.15) is 0 Å². The van der Waals surface area contributed by atoms with Crippen molar-refractivity contribution >= 4 is 5.91 Å². The zero-order valence-electron chi connectivity index (χ0n) is 17.4. The molecule has 1 heterocycles. The number of rotatable bonds is 8. The van der Waals surface area contributed by atoms with Crippen molar-refractivity contribution in [2.75, 3.05) is 46.4 Å². The summed E-state index contributed by atoms with van der Waals surface area (Å²) in [5, 5.41) is 3.44. The molecule has 2 fully saturated rings. The first kappa shape index (κ1) is 20.6. The monoisotopic (exact) mass is 383 g/mol. The van der Waals surface area contributed by atoms with E-state index in [0.717, 1.165) is 38.3 Å². The molecular weight excluding hydrogens is 350 g/mol. The molecule has 1 aromatic rings. The average Bonchev–Trinajstić information content (AvgIpc) is 3.50. The summed E-state index contributed by atoms with van der Waals surface area (Å²) >= 11 is 0. The largest absolute Gasteiger partial charge is 0.489 e. The van der Waals surface area contributed by atoms with Gasteiger partial charge in [-0.15, -0.1) is 0 Å². The molecule has 1 N–H and O–H groups in total. The van der Waals surface area contributed by atoms with Crippen LogP contribution in [0.1, 0.15) is 31.7 Å². The number of piperazine rings is 1. The minimum Gasteiger partial charge on any atom is -0.489 e. The molecule has 1 unspecified atom stereocenters. The van der Waals surface area contributed by atoms with Crippen molar-refractivity contribution in [1.29, 1.82) is 0 Å². The Balaban J connectivity index is 1.40. The molecule has 28 heavy (non-hydrogen) atoms. The molecule has 152 valence electrons. The molecule has 0 bridgehead atoms. The van der Waals surface area contributed by atoms with Gasteiger partial charge < -0.3 is 19.9 Å². The van der Waals surface area contributed by atoms with Crippen LogP contribution >= 0.6 is 0 Å². The number of hydrogen-bond acceptors (Lipinski definition) is 4. The fourth-order valence-corrected chi connectivity index (χ4v) is 3.59. The standard InChI is InChI=1S/C23H33N3O2/c1-4-6-18(5-2)17-28-20-9-7-19(8-10-20)21-15-22(21)24-16-23(27)26-13-11-25(3)12-14-26/h4-10,21-22,24H,11-17H2,1-3H3/b6-4-,18-5+/t21?,22-/m0/s1. The molecule has 2 aliphatic rings. The summed E-state index contributed by atoms with van der Waals surface area (Å²) in [4.78, 5) is 16.6. The number of carbonyl (C=O) groups excluding carboxylic acids is 1. The predicted octanol–water partition coefficient (Wildman–Crippen LogP) is 2.81. The summed E-state index contributed by atoms with van der Waals surface area (Å²) in [6, 6.07) is 8.79. The molecule has 2 atom stereocenters.